The third-order valence-electron chi connectivity index (χ3n) is 6.06. The van der Waals surface area contributed by atoms with Crippen molar-refractivity contribution < 1.29 is 9.59 Å². The van der Waals surface area contributed by atoms with Gasteiger partial charge in [-0.15, -0.1) is 0 Å². The highest BCUT2D eigenvalue weighted by Crippen LogP contribution is 2.29. The second-order valence-electron chi connectivity index (χ2n) is 9.55. The van der Waals surface area contributed by atoms with Crippen molar-refractivity contribution in [1.29, 1.82) is 0 Å². The van der Waals surface area contributed by atoms with Crippen molar-refractivity contribution in [2.24, 2.45) is 0 Å². The first-order valence-corrected chi connectivity index (χ1v) is 13.2. The largest absolute Gasteiger partial charge is 0.353 e. The lowest BCUT2D eigenvalue weighted by molar-refractivity contribution is -0.111. The maximum Gasteiger partial charge on any atom is 0.255 e. The zero-order chi connectivity index (χ0) is 28.8. The summed E-state index contributed by atoms with van der Waals surface area (Å²) in [5.74, 6) is -0.151. The summed E-state index contributed by atoms with van der Waals surface area (Å²) in [6.45, 7) is 0.669. The molecule has 0 atom stereocenters. The van der Waals surface area contributed by atoms with Gasteiger partial charge in [0.2, 0.25) is 11.9 Å². The van der Waals surface area contributed by atoms with E-state index in [2.05, 4.69) is 30.9 Å². The summed E-state index contributed by atoms with van der Waals surface area (Å²) in [5.41, 5.74) is 4.68. The first kappa shape index (κ1) is 27.6. The molecule has 0 radical (unpaired) electrons. The fourth-order valence-corrected chi connectivity index (χ4v) is 4.28. The first-order valence-electron chi connectivity index (χ1n) is 12.9. The number of carbonyl (C=O) groups excluding carboxylic acids is 2. The van der Waals surface area contributed by atoms with Crippen molar-refractivity contribution >= 4 is 57.3 Å². The number of nitrogens with zero attached hydrogens (tertiary/aromatic N) is 3. The first-order chi connectivity index (χ1) is 19.8. The number of hydrogen-bond donors (Lipinski definition) is 4. The van der Waals surface area contributed by atoms with Gasteiger partial charge in [0.05, 0.1) is 16.9 Å². The monoisotopic (exact) mass is 565 g/mol. The average molecular weight is 566 g/mol. The summed E-state index contributed by atoms with van der Waals surface area (Å²) in [7, 11) is 3.85. The molecule has 2 aromatic heterocycles. The number of hydrogen-bond acceptors (Lipinski definition) is 6. The number of halogens is 1. The molecule has 2 heterocycles. The summed E-state index contributed by atoms with van der Waals surface area (Å²) in [6.07, 6.45) is 4.82. The van der Waals surface area contributed by atoms with Gasteiger partial charge >= 0.3 is 0 Å². The number of benzene rings is 3. The van der Waals surface area contributed by atoms with Crippen LogP contribution < -0.4 is 16.0 Å². The summed E-state index contributed by atoms with van der Waals surface area (Å²) in [6, 6.07) is 23.9. The van der Waals surface area contributed by atoms with Crippen molar-refractivity contribution in [2.45, 2.75) is 0 Å². The molecular weight excluding hydrogens is 538 g/mol. The molecule has 41 heavy (non-hydrogen) atoms. The van der Waals surface area contributed by atoms with Crippen LogP contribution in [0.2, 0.25) is 5.02 Å². The lowest BCUT2D eigenvalue weighted by Gasteiger charge is -2.10. The topological polar surface area (TPSA) is 115 Å². The predicted octanol–water partition coefficient (Wildman–Crippen LogP) is 6.33. The van der Waals surface area contributed by atoms with E-state index < -0.39 is 0 Å². The Hall–Kier alpha value is -4.99. The highest BCUT2D eigenvalue weighted by atomic mass is 35.5. The van der Waals surface area contributed by atoms with Gasteiger partial charge in [0.1, 0.15) is 5.69 Å². The average Bonchev–Trinajstić information content (AvgIpc) is 3.39. The molecule has 0 saturated carbocycles. The highest BCUT2D eigenvalue weighted by molar-refractivity contribution is 6.32. The van der Waals surface area contributed by atoms with Crippen LogP contribution in [0.25, 0.3) is 22.3 Å². The van der Waals surface area contributed by atoms with Crippen LogP contribution in [0.4, 0.5) is 23.0 Å². The van der Waals surface area contributed by atoms with Crippen LogP contribution in [-0.2, 0) is 4.79 Å². The van der Waals surface area contributed by atoms with E-state index in [1.807, 2.05) is 61.5 Å². The number of carbonyl (C=O) groups is 2. The van der Waals surface area contributed by atoms with Gasteiger partial charge in [-0.25, -0.2) is 9.97 Å². The van der Waals surface area contributed by atoms with Crippen molar-refractivity contribution in [1.82, 2.24) is 19.9 Å². The number of aromatic amines is 1. The van der Waals surface area contributed by atoms with Gasteiger partial charge in [0.25, 0.3) is 5.91 Å². The molecule has 0 aliphatic carbocycles. The molecule has 206 valence electrons. The number of likely N-dealkylation sites (N-methyl/N-ethyl adjacent to an activating group) is 1. The van der Waals surface area contributed by atoms with E-state index in [1.54, 1.807) is 48.7 Å². The number of nitrogens with one attached hydrogen (secondary N) is 4. The van der Waals surface area contributed by atoms with Gasteiger partial charge in [-0.05, 0) is 68.7 Å². The lowest BCUT2D eigenvalue weighted by atomic mass is 10.2. The van der Waals surface area contributed by atoms with Crippen LogP contribution in [0.15, 0.2) is 97.2 Å². The highest BCUT2D eigenvalue weighted by Gasteiger charge is 2.12. The summed E-state index contributed by atoms with van der Waals surface area (Å²) < 4.78 is 0. The number of fused-ring (bicyclic) bond motifs is 1. The number of para-hydroxylation sites is 1. The lowest BCUT2D eigenvalue weighted by Crippen LogP contribution is -2.13. The normalized spacial score (nSPS) is 11.2. The number of H-pyrrole nitrogens is 1. The second kappa shape index (κ2) is 12.5. The van der Waals surface area contributed by atoms with E-state index in [0.29, 0.717) is 45.8 Å². The molecule has 5 rings (SSSR count). The zero-order valence-electron chi connectivity index (χ0n) is 22.5. The van der Waals surface area contributed by atoms with Gasteiger partial charge in [-0.2, -0.15) is 0 Å². The van der Waals surface area contributed by atoms with Gasteiger partial charge in [0, 0.05) is 46.1 Å². The van der Waals surface area contributed by atoms with Gasteiger partial charge in [-0.1, -0.05) is 41.9 Å². The van der Waals surface area contributed by atoms with Crippen LogP contribution in [0.3, 0.4) is 0 Å². The molecule has 4 N–H and O–H groups in total. The van der Waals surface area contributed by atoms with Gasteiger partial charge < -0.3 is 25.8 Å². The number of anilines is 4. The predicted molar refractivity (Wildman–Crippen MR) is 165 cm³/mol. The SMILES string of the molecule is CN(C)C/C=C/C(=O)Nc1ccc(C(=O)Nc2cccc(Nc3ncc(Cl)c(-c4cc5ccccc5[nH]4)n3)c2)cc1. The molecule has 0 fully saturated rings. The molecule has 0 saturated heterocycles. The Kier molecular flexibility index (Phi) is 8.38. The molecule has 0 aliphatic heterocycles. The zero-order valence-corrected chi connectivity index (χ0v) is 23.2. The molecule has 10 heteroatoms. The molecule has 0 bridgehead atoms. The standard InChI is InChI=1S/C31H28ClN7O2/c1-39(2)16-6-11-28(40)34-22-14-12-20(13-15-22)30(41)35-23-8-5-9-24(18-23)36-31-33-19-25(32)29(38-31)27-17-21-7-3-4-10-26(21)37-27/h3-15,17-19,37H,16H2,1-2H3,(H,34,40)(H,35,41)(H,33,36,38)/b11-6+. The molecule has 9 nitrogen and oxygen atoms in total. The fraction of sp³-hybridized carbons (Fsp3) is 0.0968. The Morgan fingerprint density at radius 1 is 0.927 bits per heavy atom. The van der Waals surface area contributed by atoms with E-state index in [0.717, 1.165) is 16.6 Å². The minimum atomic E-state index is -0.283. The Labute approximate surface area is 242 Å². The Balaban J connectivity index is 1.23. The minimum absolute atomic E-state index is 0.230. The molecule has 0 spiro atoms. The molecule has 2 amide bonds. The summed E-state index contributed by atoms with van der Waals surface area (Å²) in [4.78, 5) is 39.1. The van der Waals surface area contributed by atoms with Crippen LogP contribution in [-0.4, -0.2) is 52.3 Å². The van der Waals surface area contributed by atoms with Crippen molar-refractivity contribution in [2.75, 3.05) is 36.6 Å². The third-order valence-corrected chi connectivity index (χ3v) is 6.34. The smallest absolute Gasteiger partial charge is 0.255 e. The minimum Gasteiger partial charge on any atom is -0.353 e. The molecule has 5 aromatic rings. The number of amides is 2. The maximum atomic E-state index is 12.9. The van der Waals surface area contributed by atoms with Gasteiger partial charge in [-0.3, -0.25) is 9.59 Å². The second-order valence-corrected chi connectivity index (χ2v) is 9.96. The molecular formula is C31H28ClN7O2. The molecule has 0 aliphatic rings. The Bertz CT molecular complexity index is 1700. The third kappa shape index (κ3) is 7.16. The molecule has 3 aromatic carbocycles. The van der Waals surface area contributed by atoms with Crippen molar-refractivity contribution in [3.05, 3.63) is 108 Å². The van der Waals surface area contributed by atoms with Crippen LogP contribution >= 0.6 is 11.6 Å². The van der Waals surface area contributed by atoms with Crippen molar-refractivity contribution in [3.63, 3.8) is 0 Å². The van der Waals surface area contributed by atoms with Crippen LogP contribution in [0.1, 0.15) is 10.4 Å². The van der Waals surface area contributed by atoms with E-state index in [4.69, 9.17) is 11.6 Å². The number of rotatable bonds is 9. The summed E-state index contributed by atoms with van der Waals surface area (Å²) in [5, 5.41) is 10.3. The quantitative estimate of drug-likeness (QED) is 0.155. The molecule has 0 unspecified atom stereocenters. The van der Waals surface area contributed by atoms with E-state index >= 15 is 0 Å². The van der Waals surface area contributed by atoms with E-state index in [-0.39, 0.29) is 11.8 Å². The summed E-state index contributed by atoms with van der Waals surface area (Å²) >= 11 is 6.42. The fourth-order valence-electron chi connectivity index (χ4n) is 4.08. The Morgan fingerprint density at radius 2 is 1.71 bits per heavy atom. The van der Waals surface area contributed by atoms with E-state index in [9.17, 15) is 9.59 Å². The van der Waals surface area contributed by atoms with Crippen LogP contribution in [0.5, 0.6) is 0 Å². The number of aromatic nitrogens is 3. The van der Waals surface area contributed by atoms with Gasteiger partial charge in [0.15, 0.2) is 0 Å². The maximum absolute atomic E-state index is 12.9. The van der Waals surface area contributed by atoms with E-state index in [1.165, 1.54) is 6.08 Å². The van der Waals surface area contributed by atoms with Crippen molar-refractivity contribution in [3.8, 4) is 11.4 Å². The Morgan fingerprint density at radius 3 is 2.49 bits per heavy atom. The van der Waals surface area contributed by atoms with Crippen LogP contribution in [0, 0.1) is 0 Å².